The van der Waals surface area contributed by atoms with Crippen LogP contribution in [0.5, 0.6) is 11.5 Å². The van der Waals surface area contributed by atoms with E-state index in [0.29, 0.717) is 27.1 Å². The van der Waals surface area contributed by atoms with Crippen molar-refractivity contribution in [2.45, 2.75) is 19.6 Å². The Labute approximate surface area is 134 Å². The van der Waals surface area contributed by atoms with Crippen LogP contribution < -0.4 is 9.47 Å². The third-order valence-corrected chi connectivity index (χ3v) is 3.52. The zero-order chi connectivity index (χ0) is 15.4. The molecule has 21 heavy (non-hydrogen) atoms. The van der Waals surface area contributed by atoms with E-state index < -0.39 is 6.10 Å². The maximum atomic E-state index is 9.79. The molecule has 0 aliphatic rings. The molecule has 1 unspecified atom stereocenters. The van der Waals surface area contributed by atoms with Crippen LogP contribution in [0.25, 0.3) is 0 Å². The number of ether oxygens (including phenoxy) is 2. The lowest BCUT2D eigenvalue weighted by Crippen LogP contribution is -2.02. The van der Waals surface area contributed by atoms with E-state index in [2.05, 4.69) is 0 Å². The first-order valence-corrected chi connectivity index (χ1v) is 7.19. The van der Waals surface area contributed by atoms with Gasteiger partial charge in [-0.15, -0.1) is 0 Å². The van der Waals surface area contributed by atoms with Crippen LogP contribution in [0, 0.1) is 0 Å². The molecule has 112 valence electrons. The summed E-state index contributed by atoms with van der Waals surface area (Å²) in [4.78, 5) is 0. The van der Waals surface area contributed by atoms with Gasteiger partial charge >= 0.3 is 0 Å². The monoisotopic (exact) mass is 326 g/mol. The molecule has 5 heteroatoms. The summed E-state index contributed by atoms with van der Waals surface area (Å²) in [5, 5.41) is 11.0. The van der Waals surface area contributed by atoms with Crippen LogP contribution in [0.2, 0.25) is 10.0 Å². The van der Waals surface area contributed by atoms with Crippen LogP contribution in [0.15, 0.2) is 36.4 Å². The van der Waals surface area contributed by atoms with Gasteiger partial charge in [0.1, 0.15) is 18.1 Å². The van der Waals surface area contributed by atoms with Crippen molar-refractivity contribution in [2.75, 3.05) is 7.11 Å². The van der Waals surface area contributed by atoms with Crippen LogP contribution in [0.1, 0.15) is 24.2 Å². The molecule has 2 rings (SSSR count). The third-order valence-electron chi connectivity index (χ3n) is 3.05. The summed E-state index contributed by atoms with van der Waals surface area (Å²) in [5.74, 6) is 1.28. The van der Waals surface area contributed by atoms with Crippen molar-refractivity contribution in [1.82, 2.24) is 0 Å². The van der Waals surface area contributed by atoms with Crippen LogP contribution in [-0.4, -0.2) is 12.2 Å². The van der Waals surface area contributed by atoms with Crippen LogP contribution in [-0.2, 0) is 6.61 Å². The molecule has 0 heterocycles. The van der Waals surface area contributed by atoms with Crippen molar-refractivity contribution in [2.24, 2.45) is 0 Å². The van der Waals surface area contributed by atoms with Gasteiger partial charge < -0.3 is 14.6 Å². The van der Waals surface area contributed by atoms with Crippen molar-refractivity contribution in [3.8, 4) is 11.5 Å². The second-order valence-corrected chi connectivity index (χ2v) is 5.48. The van der Waals surface area contributed by atoms with E-state index in [1.807, 2.05) is 0 Å². The summed E-state index contributed by atoms with van der Waals surface area (Å²) in [6.45, 7) is 1.95. The summed E-state index contributed by atoms with van der Waals surface area (Å²) in [5.41, 5.74) is 1.47. The van der Waals surface area contributed by atoms with Gasteiger partial charge in [-0.1, -0.05) is 23.2 Å². The minimum Gasteiger partial charge on any atom is -0.496 e. The normalized spacial score (nSPS) is 12.0. The Kier molecular flexibility index (Phi) is 5.34. The fourth-order valence-corrected chi connectivity index (χ4v) is 2.37. The number of hydrogen-bond acceptors (Lipinski definition) is 3. The Morgan fingerprint density at radius 1 is 1.05 bits per heavy atom. The molecule has 0 radical (unpaired) electrons. The first-order valence-electron chi connectivity index (χ1n) is 6.44. The van der Waals surface area contributed by atoms with E-state index in [1.54, 1.807) is 50.4 Å². The quantitative estimate of drug-likeness (QED) is 0.870. The van der Waals surface area contributed by atoms with Crippen molar-refractivity contribution >= 4 is 23.2 Å². The minimum absolute atomic E-state index is 0.283. The molecule has 1 N–H and O–H groups in total. The van der Waals surface area contributed by atoms with E-state index in [-0.39, 0.29) is 6.61 Å². The fourth-order valence-electron chi connectivity index (χ4n) is 1.99. The number of halogens is 2. The fraction of sp³-hybridized carbons (Fsp3) is 0.250. The smallest absolute Gasteiger partial charge is 0.125 e. The van der Waals surface area contributed by atoms with Gasteiger partial charge in [0, 0.05) is 21.2 Å². The molecular weight excluding hydrogens is 311 g/mol. The number of benzene rings is 2. The second kappa shape index (κ2) is 7.03. The van der Waals surface area contributed by atoms with E-state index in [1.165, 1.54) is 0 Å². The topological polar surface area (TPSA) is 38.7 Å². The molecule has 0 fully saturated rings. The molecule has 3 nitrogen and oxygen atoms in total. The Morgan fingerprint density at radius 3 is 2.29 bits per heavy atom. The van der Waals surface area contributed by atoms with Gasteiger partial charge in [0.25, 0.3) is 0 Å². The molecule has 0 aliphatic carbocycles. The zero-order valence-corrected chi connectivity index (χ0v) is 13.3. The number of aliphatic hydroxyl groups is 1. The SMILES string of the molecule is COc1ccc(Cl)cc1COc1ccc(Cl)cc1C(C)O. The van der Waals surface area contributed by atoms with Crippen molar-refractivity contribution in [3.05, 3.63) is 57.6 Å². The first-order chi connectivity index (χ1) is 10.0. The van der Waals surface area contributed by atoms with Gasteiger partial charge in [0.15, 0.2) is 0 Å². The maximum absolute atomic E-state index is 9.79. The lowest BCUT2D eigenvalue weighted by Gasteiger charge is -2.15. The summed E-state index contributed by atoms with van der Waals surface area (Å²) in [7, 11) is 1.59. The third kappa shape index (κ3) is 4.03. The average molecular weight is 327 g/mol. The summed E-state index contributed by atoms with van der Waals surface area (Å²) < 4.78 is 11.1. The highest BCUT2D eigenvalue weighted by Crippen LogP contribution is 2.30. The molecule has 0 amide bonds. The minimum atomic E-state index is -0.667. The summed E-state index contributed by atoms with van der Waals surface area (Å²) in [6.07, 6.45) is -0.667. The Balaban J connectivity index is 2.22. The van der Waals surface area contributed by atoms with Crippen LogP contribution in [0.3, 0.4) is 0 Å². The van der Waals surface area contributed by atoms with Crippen LogP contribution in [0.4, 0.5) is 0 Å². The van der Waals surface area contributed by atoms with Gasteiger partial charge in [-0.2, -0.15) is 0 Å². The lowest BCUT2D eigenvalue weighted by atomic mass is 10.1. The molecule has 2 aromatic carbocycles. The summed E-state index contributed by atoms with van der Waals surface area (Å²) in [6, 6.07) is 10.5. The van der Waals surface area contributed by atoms with E-state index in [4.69, 9.17) is 32.7 Å². The predicted molar refractivity (Wildman–Crippen MR) is 84.4 cm³/mol. The van der Waals surface area contributed by atoms with Crippen LogP contribution >= 0.6 is 23.2 Å². The highest BCUT2D eigenvalue weighted by atomic mass is 35.5. The molecule has 0 bridgehead atoms. The van der Waals surface area contributed by atoms with Gasteiger partial charge in [0.05, 0.1) is 13.2 Å². The van der Waals surface area contributed by atoms with E-state index in [9.17, 15) is 5.11 Å². The highest BCUT2D eigenvalue weighted by Gasteiger charge is 2.11. The first kappa shape index (κ1) is 16.0. The summed E-state index contributed by atoms with van der Waals surface area (Å²) >= 11 is 11.9. The second-order valence-electron chi connectivity index (χ2n) is 4.60. The van der Waals surface area contributed by atoms with Gasteiger partial charge in [-0.25, -0.2) is 0 Å². The predicted octanol–water partition coefficient (Wildman–Crippen LogP) is 4.63. The van der Waals surface area contributed by atoms with Crippen molar-refractivity contribution in [3.63, 3.8) is 0 Å². The maximum Gasteiger partial charge on any atom is 0.125 e. The number of aliphatic hydroxyl groups excluding tert-OH is 1. The van der Waals surface area contributed by atoms with Gasteiger partial charge in [0.2, 0.25) is 0 Å². The highest BCUT2D eigenvalue weighted by molar-refractivity contribution is 6.31. The largest absolute Gasteiger partial charge is 0.496 e. The average Bonchev–Trinajstić information content (AvgIpc) is 2.46. The molecular formula is C16H16Cl2O3. The molecule has 1 atom stereocenters. The van der Waals surface area contributed by atoms with E-state index >= 15 is 0 Å². The molecule has 2 aromatic rings. The Bertz CT molecular complexity index is 627. The number of hydrogen-bond donors (Lipinski definition) is 1. The van der Waals surface area contributed by atoms with Crippen molar-refractivity contribution in [1.29, 1.82) is 0 Å². The Hall–Kier alpha value is -1.42. The Morgan fingerprint density at radius 2 is 1.67 bits per heavy atom. The van der Waals surface area contributed by atoms with Crippen molar-refractivity contribution < 1.29 is 14.6 Å². The molecule has 0 saturated heterocycles. The number of rotatable bonds is 5. The van der Waals surface area contributed by atoms with E-state index in [0.717, 1.165) is 5.56 Å². The molecule has 0 saturated carbocycles. The zero-order valence-electron chi connectivity index (χ0n) is 11.8. The molecule has 0 spiro atoms. The standard InChI is InChI=1S/C16H16Cl2O3/c1-10(19)14-8-13(18)4-6-16(14)21-9-11-7-12(17)3-5-15(11)20-2/h3-8,10,19H,9H2,1-2H3. The molecule has 0 aromatic heterocycles. The lowest BCUT2D eigenvalue weighted by molar-refractivity contribution is 0.190. The van der Waals surface area contributed by atoms with Gasteiger partial charge in [-0.3, -0.25) is 0 Å². The van der Waals surface area contributed by atoms with Gasteiger partial charge in [-0.05, 0) is 43.3 Å². The number of methoxy groups -OCH3 is 1. The molecule has 0 aliphatic heterocycles.